The number of carbonyl (C=O) groups excluding carboxylic acids is 2. The van der Waals surface area contributed by atoms with Gasteiger partial charge in [0.25, 0.3) is 11.8 Å². The van der Waals surface area contributed by atoms with Crippen molar-refractivity contribution in [3.05, 3.63) is 93.7 Å². The van der Waals surface area contributed by atoms with E-state index in [4.69, 9.17) is 9.15 Å². The number of carbonyl (C=O) groups is 2. The SMILES string of the molecule is COc1ccc2cc(C(=O)NCc3ccccc3)c(=NNC(=O)c3cccs3)oc2c1. The fourth-order valence-electron chi connectivity index (χ4n) is 2.91. The van der Waals surface area contributed by atoms with Crippen LogP contribution in [0.3, 0.4) is 0 Å². The normalized spacial score (nSPS) is 11.3. The molecular weight excluding hydrogens is 414 g/mol. The molecule has 4 aromatic rings. The number of fused-ring (bicyclic) bond motifs is 1. The zero-order valence-electron chi connectivity index (χ0n) is 16.6. The lowest BCUT2D eigenvalue weighted by atomic mass is 10.1. The molecule has 0 aliphatic carbocycles. The molecule has 7 nitrogen and oxygen atoms in total. The lowest BCUT2D eigenvalue weighted by molar-refractivity contribution is 0.0934. The van der Waals surface area contributed by atoms with Crippen molar-refractivity contribution in [2.75, 3.05) is 7.11 Å². The molecule has 2 aromatic heterocycles. The Morgan fingerprint density at radius 2 is 1.87 bits per heavy atom. The Kier molecular flexibility index (Phi) is 6.09. The van der Waals surface area contributed by atoms with E-state index in [9.17, 15) is 9.59 Å². The van der Waals surface area contributed by atoms with Crippen molar-refractivity contribution in [1.82, 2.24) is 10.7 Å². The second-order valence-corrected chi connectivity index (χ2v) is 7.51. The van der Waals surface area contributed by atoms with Crippen molar-refractivity contribution in [3.8, 4) is 5.75 Å². The molecule has 2 aromatic carbocycles. The zero-order valence-corrected chi connectivity index (χ0v) is 17.4. The van der Waals surface area contributed by atoms with Crippen molar-refractivity contribution in [3.63, 3.8) is 0 Å². The molecule has 156 valence electrons. The first kappa shape index (κ1) is 20.4. The maximum atomic E-state index is 12.9. The van der Waals surface area contributed by atoms with Gasteiger partial charge in [-0.1, -0.05) is 36.4 Å². The molecule has 0 atom stereocenters. The number of thiophene rings is 1. The Hall–Kier alpha value is -3.91. The van der Waals surface area contributed by atoms with Crippen molar-refractivity contribution >= 4 is 34.1 Å². The van der Waals surface area contributed by atoms with E-state index in [1.165, 1.54) is 11.3 Å². The van der Waals surface area contributed by atoms with Gasteiger partial charge in [0.2, 0.25) is 5.55 Å². The third kappa shape index (κ3) is 4.81. The Balaban J connectivity index is 1.68. The summed E-state index contributed by atoms with van der Waals surface area (Å²) in [5.41, 5.74) is 4.10. The van der Waals surface area contributed by atoms with Crippen LogP contribution in [0.25, 0.3) is 11.0 Å². The first-order valence-corrected chi connectivity index (χ1v) is 10.3. The highest BCUT2D eigenvalue weighted by Crippen LogP contribution is 2.20. The van der Waals surface area contributed by atoms with Crippen LogP contribution in [-0.4, -0.2) is 18.9 Å². The first-order chi connectivity index (χ1) is 15.1. The van der Waals surface area contributed by atoms with Gasteiger partial charge in [-0.3, -0.25) is 9.59 Å². The van der Waals surface area contributed by atoms with Gasteiger partial charge < -0.3 is 14.5 Å². The summed E-state index contributed by atoms with van der Waals surface area (Å²) in [6.07, 6.45) is 0. The molecular formula is C23H19N3O4S. The minimum absolute atomic E-state index is 0.00350. The van der Waals surface area contributed by atoms with Gasteiger partial charge in [-0.25, -0.2) is 5.43 Å². The van der Waals surface area contributed by atoms with Crippen LogP contribution >= 0.6 is 11.3 Å². The molecule has 2 amide bonds. The van der Waals surface area contributed by atoms with Crippen LogP contribution in [0.5, 0.6) is 5.75 Å². The molecule has 0 spiro atoms. The number of benzene rings is 2. The van der Waals surface area contributed by atoms with Crippen LogP contribution < -0.4 is 21.0 Å². The van der Waals surface area contributed by atoms with E-state index in [0.29, 0.717) is 28.1 Å². The highest BCUT2D eigenvalue weighted by Gasteiger charge is 2.14. The molecule has 4 rings (SSSR count). The van der Waals surface area contributed by atoms with E-state index in [1.807, 2.05) is 30.3 Å². The van der Waals surface area contributed by atoms with E-state index >= 15 is 0 Å². The topological polar surface area (TPSA) is 92.9 Å². The average molecular weight is 433 g/mol. The predicted molar refractivity (Wildman–Crippen MR) is 118 cm³/mol. The van der Waals surface area contributed by atoms with Gasteiger partial charge in [0, 0.05) is 18.0 Å². The van der Waals surface area contributed by atoms with Gasteiger partial charge in [-0.15, -0.1) is 16.4 Å². The number of hydrogen-bond acceptors (Lipinski definition) is 6. The van der Waals surface area contributed by atoms with Crippen LogP contribution in [0, 0.1) is 0 Å². The number of methoxy groups -OCH3 is 1. The molecule has 2 N–H and O–H groups in total. The number of ether oxygens (including phenoxy) is 1. The summed E-state index contributed by atoms with van der Waals surface area (Å²) in [6, 6.07) is 20.0. The summed E-state index contributed by atoms with van der Waals surface area (Å²) >= 11 is 1.29. The lowest BCUT2D eigenvalue weighted by Gasteiger charge is -2.08. The predicted octanol–water partition coefficient (Wildman–Crippen LogP) is 3.68. The lowest BCUT2D eigenvalue weighted by Crippen LogP contribution is -2.30. The molecule has 8 heteroatoms. The summed E-state index contributed by atoms with van der Waals surface area (Å²) in [5, 5.41) is 9.45. The van der Waals surface area contributed by atoms with Gasteiger partial charge in [0.15, 0.2) is 0 Å². The number of nitrogens with zero attached hydrogens (tertiary/aromatic N) is 1. The monoisotopic (exact) mass is 433 g/mol. The molecule has 0 aliphatic rings. The van der Waals surface area contributed by atoms with Gasteiger partial charge in [-0.2, -0.15) is 0 Å². The number of hydrogen-bond donors (Lipinski definition) is 2. The maximum absolute atomic E-state index is 12.9. The van der Waals surface area contributed by atoms with Crippen LogP contribution in [0.1, 0.15) is 25.6 Å². The molecule has 2 heterocycles. The standard InChI is InChI=1S/C23H19N3O4S/c1-29-17-10-9-16-12-18(21(27)24-14-15-6-3-2-4-7-15)23(30-19(16)13-17)26-25-22(28)20-8-5-11-31-20/h2-13H,14H2,1H3,(H,24,27)(H,25,28). The molecule has 0 radical (unpaired) electrons. The summed E-state index contributed by atoms with van der Waals surface area (Å²) in [6.45, 7) is 0.349. The van der Waals surface area contributed by atoms with Crippen molar-refractivity contribution in [2.24, 2.45) is 5.10 Å². The summed E-state index contributed by atoms with van der Waals surface area (Å²) in [7, 11) is 1.55. The van der Waals surface area contributed by atoms with Gasteiger partial charge in [0.05, 0.1) is 12.0 Å². The van der Waals surface area contributed by atoms with E-state index in [1.54, 1.807) is 48.9 Å². The van der Waals surface area contributed by atoms with E-state index in [-0.39, 0.29) is 22.9 Å². The molecule has 0 bridgehead atoms. The van der Waals surface area contributed by atoms with Crippen molar-refractivity contribution in [2.45, 2.75) is 6.54 Å². The Morgan fingerprint density at radius 3 is 2.61 bits per heavy atom. The van der Waals surface area contributed by atoms with Crippen LogP contribution in [0.2, 0.25) is 0 Å². The van der Waals surface area contributed by atoms with E-state index < -0.39 is 0 Å². The quantitative estimate of drug-likeness (QED) is 0.454. The van der Waals surface area contributed by atoms with Crippen molar-refractivity contribution < 1.29 is 18.7 Å². The fourth-order valence-corrected chi connectivity index (χ4v) is 3.52. The first-order valence-electron chi connectivity index (χ1n) is 9.45. The fraction of sp³-hybridized carbons (Fsp3) is 0.0870. The van der Waals surface area contributed by atoms with Gasteiger partial charge in [-0.05, 0) is 35.2 Å². The summed E-state index contributed by atoms with van der Waals surface area (Å²) in [4.78, 5) is 25.7. The minimum atomic E-state index is -0.383. The largest absolute Gasteiger partial charge is 0.497 e. The smallest absolute Gasteiger partial charge is 0.281 e. The number of nitrogens with one attached hydrogen (secondary N) is 2. The molecule has 0 saturated heterocycles. The van der Waals surface area contributed by atoms with Gasteiger partial charge in [0.1, 0.15) is 16.9 Å². The van der Waals surface area contributed by atoms with Crippen LogP contribution in [0.15, 0.2) is 81.6 Å². The van der Waals surface area contributed by atoms with Gasteiger partial charge >= 0.3 is 0 Å². The zero-order chi connectivity index (χ0) is 21.6. The number of amides is 2. The van der Waals surface area contributed by atoms with Crippen LogP contribution in [0.4, 0.5) is 0 Å². The minimum Gasteiger partial charge on any atom is -0.497 e. The Labute approximate surface area is 182 Å². The Morgan fingerprint density at radius 1 is 1.03 bits per heavy atom. The summed E-state index contributed by atoms with van der Waals surface area (Å²) < 4.78 is 11.1. The third-order valence-corrected chi connectivity index (χ3v) is 5.37. The molecule has 0 fully saturated rings. The second-order valence-electron chi connectivity index (χ2n) is 6.57. The molecule has 0 aliphatic heterocycles. The van der Waals surface area contributed by atoms with Crippen LogP contribution in [-0.2, 0) is 6.54 Å². The molecule has 0 unspecified atom stereocenters. The molecule has 31 heavy (non-hydrogen) atoms. The van der Waals surface area contributed by atoms with Crippen molar-refractivity contribution in [1.29, 1.82) is 0 Å². The third-order valence-electron chi connectivity index (χ3n) is 4.50. The molecule has 0 saturated carbocycles. The van der Waals surface area contributed by atoms with E-state index in [2.05, 4.69) is 15.8 Å². The second kappa shape index (κ2) is 9.27. The summed E-state index contributed by atoms with van der Waals surface area (Å²) in [5.74, 6) is -0.146. The highest BCUT2D eigenvalue weighted by atomic mass is 32.1. The highest BCUT2D eigenvalue weighted by molar-refractivity contribution is 7.12. The van der Waals surface area contributed by atoms with E-state index in [0.717, 1.165) is 5.56 Å². The Bertz CT molecular complexity index is 1280. The number of rotatable bonds is 6. The maximum Gasteiger partial charge on any atom is 0.281 e. The average Bonchev–Trinajstić information content (AvgIpc) is 3.36.